The van der Waals surface area contributed by atoms with Crippen LogP contribution in [0.25, 0.3) is 0 Å². The summed E-state index contributed by atoms with van der Waals surface area (Å²) in [6.07, 6.45) is 6.23. The predicted octanol–water partition coefficient (Wildman–Crippen LogP) is 1.90. The lowest BCUT2D eigenvalue weighted by molar-refractivity contribution is -0.132. The highest BCUT2D eigenvalue weighted by atomic mass is 35.5. The van der Waals surface area contributed by atoms with Gasteiger partial charge >= 0.3 is 0 Å². The minimum atomic E-state index is -0.0252. The van der Waals surface area contributed by atoms with E-state index in [9.17, 15) is 9.59 Å². The van der Waals surface area contributed by atoms with Crippen LogP contribution >= 0.6 is 11.6 Å². The summed E-state index contributed by atoms with van der Waals surface area (Å²) in [5.41, 5.74) is 0.564. The van der Waals surface area contributed by atoms with Crippen LogP contribution < -0.4 is 0 Å². The lowest BCUT2D eigenvalue weighted by Gasteiger charge is -2.35. The first kappa shape index (κ1) is 18.1. The van der Waals surface area contributed by atoms with Crippen molar-refractivity contribution in [2.24, 2.45) is 0 Å². The van der Waals surface area contributed by atoms with Crippen molar-refractivity contribution in [1.82, 2.24) is 19.7 Å². The fourth-order valence-corrected chi connectivity index (χ4v) is 3.61. The lowest BCUT2D eigenvalue weighted by atomic mass is 10.2. The van der Waals surface area contributed by atoms with Crippen LogP contribution in [0.1, 0.15) is 36.0 Å². The molecule has 2 aliphatic heterocycles. The molecule has 3 rings (SSSR count). The first-order valence-corrected chi connectivity index (χ1v) is 9.42. The van der Waals surface area contributed by atoms with Gasteiger partial charge < -0.3 is 9.80 Å². The highest BCUT2D eigenvalue weighted by Gasteiger charge is 2.25. The summed E-state index contributed by atoms with van der Waals surface area (Å²) in [6.45, 7) is 4.95. The molecular weight excluding hydrogens is 340 g/mol. The molecule has 6 nitrogen and oxygen atoms in total. The number of piperazine rings is 1. The number of carbonyl (C=O) groups excluding carboxylic acids is 2. The Hall–Kier alpha value is -1.66. The minimum absolute atomic E-state index is 0.0252. The molecule has 0 spiro atoms. The molecule has 0 radical (unpaired) electrons. The van der Waals surface area contributed by atoms with Crippen LogP contribution in [-0.2, 0) is 4.79 Å². The van der Waals surface area contributed by atoms with Gasteiger partial charge in [-0.15, -0.1) is 0 Å². The van der Waals surface area contributed by atoms with Gasteiger partial charge in [0.15, 0.2) is 0 Å². The molecular formula is C18H25ClN4O2. The fourth-order valence-electron chi connectivity index (χ4n) is 3.44. The third-order valence-electron chi connectivity index (χ3n) is 4.95. The van der Waals surface area contributed by atoms with E-state index in [0.29, 0.717) is 30.4 Å². The molecule has 0 aliphatic carbocycles. The summed E-state index contributed by atoms with van der Waals surface area (Å²) < 4.78 is 0. The van der Waals surface area contributed by atoms with Gasteiger partial charge in [-0.3, -0.25) is 14.5 Å². The maximum absolute atomic E-state index is 12.5. The summed E-state index contributed by atoms with van der Waals surface area (Å²) >= 11 is 5.86. The molecule has 0 aromatic carbocycles. The van der Waals surface area contributed by atoms with Gasteiger partial charge in [0.2, 0.25) is 5.91 Å². The second kappa shape index (κ2) is 8.63. The fraction of sp³-hybridized carbons (Fsp3) is 0.611. The Morgan fingerprint density at radius 1 is 0.960 bits per heavy atom. The summed E-state index contributed by atoms with van der Waals surface area (Å²) in [6, 6.07) is 3.28. The van der Waals surface area contributed by atoms with Crippen molar-refractivity contribution < 1.29 is 9.59 Å². The van der Waals surface area contributed by atoms with Crippen molar-refractivity contribution in [2.75, 3.05) is 45.8 Å². The summed E-state index contributed by atoms with van der Waals surface area (Å²) in [5.74, 6) is 0.199. The van der Waals surface area contributed by atoms with E-state index in [1.54, 1.807) is 18.3 Å². The number of hydrogen-bond acceptors (Lipinski definition) is 4. The van der Waals surface area contributed by atoms with Crippen LogP contribution in [0, 0.1) is 0 Å². The maximum atomic E-state index is 12.5. The average molecular weight is 365 g/mol. The lowest BCUT2D eigenvalue weighted by Crippen LogP contribution is -2.51. The SMILES string of the molecule is O=C(CN1CCN(C(=O)c2ccnc(Cl)c2)CC1)N1CCCCCC1. The molecule has 2 aliphatic rings. The van der Waals surface area contributed by atoms with Crippen LogP contribution in [0.5, 0.6) is 0 Å². The van der Waals surface area contributed by atoms with Gasteiger partial charge in [0.1, 0.15) is 5.15 Å². The van der Waals surface area contributed by atoms with E-state index < -0.39 is 0 Å². The Balaban J connectivity index is 1.48. The molecule has 2 saturated heterocycles. The van der Waals surface area contributed by atoms with Crippen molar-refractivity contribution >= 4 is 23.4 Å². The molecule has 0 N–H and O–H groups in total. The number of halogens is 1. The molecule has 2 amide bonds. The predicted molar refractivity (Wildman–Crippen MR) is 96.6 cm³/mol. The van der Waals surface area contributed by atoms with Crippen molar-refractivity contribution in [2.45, 2.75) is 25.7 Å². The average Bonchev–Trinajstić information content (AvgIpc) is 2.91. The second-order valence-electron chi connectivity index (χ2n) is 6.73. The summed E-state index contributed by atoms with van der Waals surface area (Å²) in [5, 5.41) is 0.326. The Bertz CT molecular complexity index is 609. The number of aromatic nitrogens is 1. The molecule has 136 valence electrons. The highest BCUT2D eigenvalue weighted by molar-refractivity contribution is 6.29. The quantitative estimate of drug-likeness (QED) is 0.769. The number of carbonyl (C=O) groups is 2. The van der Waals surface area contributed by atoms with Crippen molar-refractivity contribution in [3.8, 4) is 0 Å². The van der Waals surface area contributed by atoms with E-state index in [0.717, 1.165) is 39.0 Å². The number of hydrogen-bond donors (Lipinski definition) is 0. The van der Waals surface area contributed by atoms with Gasteiger partial charge in [-0.25, -0.2) is 4.98 Å². The Morgan fingerprint density at radius 3 is 2.28 bits per heavy atom. The van der Waals surface area contributed by atoms with Crippen LogP contribution in [0.4, 0.5) is 0 Å². The molecule has 0 bridgehead atoms. The van der Waals surface area contributed by atoms with E-state index in [-0.39, 0.29) is 11.8 Å². The Labute approximate surface area is 153 Å². The summed E-state index contributed by atoms with van der Waals surface area (Å²) in [7, 11) is 0. The van der Waals surface area contributed by atoms with Crippen molar-refractivity contribution in [3.05, 3.63) is 29.0 Å². The molecule has 1 aromatic heterocycles. The monoisotopic (exact) mass is 364 g/mol. The number of amides is 2. The largest absolute Gasteiger partial charge is 0.342 e. The third kappa shape index (κ3) is 4.92. The van der Waals surface area contributed by atoms with E-state index >= 15 is 0 Å². The molecule has 0 saturated carbocycles. The number of likely N-dealkylation sites (tertiary alicyclic amines) is 1. The first-order valence-electron chi connectivity index (χ1n) is 9.04. The Kier molecular flexibility index (Phi) is 6.26. The number of rotatable bonds is 3. The molecule has 0 atom stereocenters. The molecule has 3 heterocycles. The topological polar surface area (TPSA) is 56.8 Å². The number of pyridine rings is 1. The smallest absolute Gasteiger partial charge is 0.254 e. The van der Waals surface area contributed by atoms with E-state index in [1.165, 1.54) is 12.8 Å². The molecule has 7 heteroatoms. The number of nitrogens with zero attached hydrogens (tertiary/aromatic N) is 4. The summed E-state index contributed by atoms with van der Waals surface area (Å²) in [4.78, 5) is 34.9. The van der Waals surface area contributed by atoms with Gasteiger partial charge in [0, 0.05) is 51.0 Å². The highest BCUT2D eigenvalue weighted by Crippen LogP contribution is 2.13. The second-order valence-corrected chi connectivity index (χ2v) is 7.12. The zero-order valence-corrected chi connectivity index (χ0v) is 15.2. The van der Waals surface area contributed by atoms with E-state index in [4.69, 9.17) is 11.6 Å². The van der Waals surface area contributed by atoms with Gasteiger partial charge in [-0.1, -0.05) is 24.4 Å². The molecule has 25 heavy (non-hydrogen) atoms. The zero-order chi connectivity index (χ0) is 17.6. The molecule has 0 unspecified atom stereocenters. The zero-order valence-electron chi connectivity index (χ0n) is 14.5. The van der Waals surface area contributed by atoms with Gasteiger partial charge in [0.05, 0.1) is 6.54 Å². The van der Waals surface area contributed by atoms with Crippen LogP contribution in [0.3, 0.4) is 0 Å². The molecule has 2 fully saturated rings. The van der Waals surface area contributed by atoms with Gasteiger partial charge in [0.25, 0.3) is 5.91 Å². The van der Waals surface area contributed by atoms with Crippen LogP contribution in [-0.4, -0.2) is 77.3 Å². The van der Waals surface area contributed by atoms with Crippen LogP contribution in [0.2, 0.25) is 5.15 Å². The van der Waals surface area contributed by atoms with Gasteiger partial charge in [-0.2, -0.15) is 0 Å². The van der Waals surface area contributed by atoms with Crippen LogP contribution in [0.15, 0.2) is 18.3 Å². The first-order chi connectivity index (χ1) is 12.1. The maximum Gasteiger partial charge on any atom is 0.254 e. The van der Waals surface area contributed by atoms with E-state index in [1.807, 2.05) is 9.80 Å². The van der Waals surface area contributed by atoms with Gasteiger partial charge in [-0.05, 0) is 25.0 Å². The third-order valence-corrected chi connectivity index (χ3v) is 5.16. The molecule has 1 aromatic rings. The van der Waals surface area contributed by atoms with E-state index in [2.05, 4.69) is 9.88 Å². The van der Waals surface area contributed by atoms with Crippen molar-refractivity contribution in [3.63, 3.8) is 0 Å². The van der Waals surface area contributed by atoms with Crippen molar-refractivity contribution in [1.29, 1.82) is 0 Å². The normalized spacial score (nSPS) is 19.6. The Morgan fingerprint density at radius 2 is 1.64 bits per heavy atom. The minimum Gasteiger partial charge on any atom is -0.342 e. The standard InChI is InChI=1S/C18H25ClN4O2/c19-16-13-15(5-6-20-16)18(25)23-11-9-21(10-12-23)14-17(24)22-7-3-1-2-4-8-22/h5-6,13H,1-4,7-12,14H2.